The standard InChI is InChI=1S/C12H18N4O2/c13-8-11-2-1-3-16(11)12(18)9-14-4-6-15(10-17)7-5-14/h10-11H,1-7,9H2/t11-/m0/s1. The van der Waals surface area contributed by atoms with E-state index in [-0.39, 0.29) is 11.9 Å². The maximum absolute atomic E-state index is 12.1. The Labute approximate surface area is 107 Å². The van der Waals surface area contributed by atoms with Gasteiger partial charge in [-0.2, -0.15) is 5.26 Å². The van der Waals surface area contributed by atoms with Crippen LogP contribution in [0.4, 0.5) is 0 Å². The fourth-order valence-electron chi connectivity index (χ4n) is 2.51. The van der Waals surface area contributed by atoms with Crippen LogP contribution in [-0.2, 0) is 9.59 Å². The second-order valence-electron chi connectivity index (χ2n) is 4.79. The van der Waals surface area contributed by atoms with Crippen molar-refractivity contribution in [2.45, 2.75) is 18.9 Å². The summed E-state index contributed by atoms with van der Waals surface area (Å²) in [6.07, 6.45) is 2.56. The number of rotatable bonds is 3. The van der Waals surface area contributed by atoms with Gasteiger partial charge in [0.15, 0.2) is 0 Å². The molecular formula is C12H18N4O2. The summed E-state index contributed by atoms with van der Waals surface area (Å²) in [6.45, 7) is 3.89. The SMILES string of the molecule is N#C[C@@H]1CCCN1C(=O)CN1CCN(C=O)CC1. The minimum Gasteiger partial charge on any atom is -0.343 e. The molecule has 2 amide bonds. The van der Waals surface area contributed by atoms with Crippen LogP contribution < -0.4 is 0 Å². The van der Waals surface area contributed by atoms with Gasteiger partial charge in [-0.25, -0.2) is 0 Å². The first-order chi connectivity index (χ1) is 8.74. The number of amides is 2. The number of carbonyl (C=O) groups excluding carboxylic acids is 2. The molecule has 0 bridgehead atoms. The molecule has 2 fully saturated rings. The Bertz CT molecular complexity index is 358. The number of carbonyl (C=O) groups is 2. The third-order valence-corrected chi connectivity index (χ3v) is 3.64. The van der Waals surface area contributed by atoms with E-state index in [2.05, 4.69) is 11.0 Å². The minimum absolute atomic E-state index is 0.0404. The van der Waals surface area contributed by atoms with Crippen LogP contribution in [0.1, 0.15) is 12.8 Å². The molecule has 0 aromatic carbocycles. The molecule has 0 aromatic rings. The molecule has 6 nitrogen and oxygen atoms in total. The van der Waals surface area contributed by atoms with E-state index in [0.29, 0.717) is 26.2 Å². The van der Waals surface area contributed by atoms with Crippen LogP contribution in [-0.4, -0.2) is 72.3 Å². The van der Waals surface area contributed by atoms with Crippen LogP contribution in [0, 0.1) is 11.3 Å². The molecule has 2 rings (SSSR count). The first kappa shape index (κ1) is 12.8. The number of likely N-dealkylation sites (tertiary alicyclic amines) is 1. The highest BCUT2D eigenvalue weighted by molar-refractivity contribution is 5.79. The molecule has 1 atom stereocenters. The highest BCUT2D eigenvalue weighted by Crippen LogP contribution is 2.16. The summed E-state index contributed by atoms with van der Waals surface area (Å²) in [5.74, 6) is 0.0404. The highest BCUT2D eigenvalue weighted by atomic mass is 16.2. The number of hydrogen-bond donors (Lipinski definition) is 0. The summed E-state index contributed by atoms with van der Waals surface area (Å²) < 4.78 is 0. The van der Waals surface area contributed by atoms with Crippen LogP contribution in [0.3, 0.4) is 0 Å². The molecule has 2 aliphatic heterocycles. The van der Waals surface area contributed by atoms with Crippen molar-refractivity contribution in [3.8, 4) is 6.07 Å². The Hall–Kier alpha value is -1.61. The average Bonchev–Trinajstić information content (AvgIpc) is 2.88. The zero-order valence-corrected chi connectivity index (χ0v) is 10.4. The predicted molar refractivity (Wildman–Crippen MR) is 64.4 cm³/mol. The number of nitriles is 1. The summed E-state index contributed by atoms with van der Waals surface area (Å²) in [4.78, 5) is 28.1. The van der Waals surface area contributed by atoms with Crippen molar-refractivity contribution in [2.24, 2.45) is 0 Å². The molecule has 2 heterocycles. The molecule has 2 saturated heterocycles. The Kier molecular flexibility index (Phi) is 4.15. The van der Waals surface area contributed by atoms with Crippen LogP contribution in [0.25, 0.3) is 0 Å². The van der Waals surface area contributed by atoms with Crippen LogP contribution in [0.15, 0.2) is 0 Å². The lowest BCUT2D eigenvalue weighted by molar-refractivity contribution is -0.133. The average molecular weight is 250 g/mol. The highest BCUT2D eigenvalue weighted by Gasteiger charge is 2.29. The van der Waals surface area contributed by atoms with E-state index >= 15 is 0 Å². The molecule has 0 spiro atoms. The van der Waals surface area contributed by atoms with E-state index < -0.39 is 0 Å². The first-order valence-corrected chi connectivity index (χ1v) is 6.35. The van der Waals surface area contributed by atoms with E-state index in [1.54, 1.807) is 9.80 Å². The van der Waals surface area contributed by atoms with Gasteiger partial charge >= 0.3 is 0 Å². The monoisotopic (exact) mass is 250 g/mol. The summed E-state index contributed by atoms with van der Waals surface area (Å²) in [6, 6.07) is 1.94. The summed E-state index contributed by atoms with van der Waals surface area (Å²) >= 11 is 0. The van der Waals surface area contributed by atoms with Crippen LogP contribution >= 0.6 is 0 Å². The fourth-order valence-corrected chi connectivity index (χ4v) is 2.51. The summed E-state index contributed by atoms with van der Waals surface area (Å²) in [7, 11) is 0. The molecule has 0 radical (unpaired) electrons. The Balaban J connectivity index is 1.81. The van der Waals surface area contributed by atoms with Gasteiger partial charge in [0.1, 0.15) is 6.04 Å². The third-order valence-electron chi connectivity index (χ3n) is 3.64. The molecule has 0 aromatic heterocycles. The van der Waals surface area contributed by atoms with E-state index in [4.69, 9.17) is 5.26 Å². The van der Waals surface area contributed by atoms with E-state index in [0.717, 1.165) is 32.3 Å². The van der Waals surface area contributed by atoms with Crippen molar-refractivity contribution in [3.63, 3.8) is 0 Å². The maximum atomic E-state index is 12.1. The van der Waals surface area contributed by atoms with Gasteiger partial charge in [-0.15, -0.1) is 0 Å². The van der Waals surface area contributed by atoms with Crippen molar-refractivity contribution >= 4 is 12.3 Å². The predicted octanol–water partition coefficient (Wildman–Crippen LogP) is -0.725. The molecule has 0 aliphatic carbocycles. The molecule has 2 aliphatic rings. The molecule has 6 heteroatoms. The lowest BCUT2D eigenvalue weighted by Gasteiger charge is -2.33. The van der Waals surface area contributed by atoms with Crippen LogP contribution in [0.5, 0.6) is 0 Å². The molecule has 0 unspecified atom stereocenters. The van der Waals surface area contributed by atoms with E-state index in [1.807, 2.05) is 0 Å². The Morgan fingerprint density at radius 1 is 1.28 bits per heavy atom. The van der Waals surface area contributed by atoms with E-state index in [1.165, 1.54) is 0 Å². The lowest BCUT2D eigenvalue weighted by Crippen LogP contribution is -2.50. The first-order valence-electron chi connectivity index (χ1n) is 6.35. The molecule has 0 saturated carbocycles. The number of hydrogen-bond acceptors (Lipinski definition) is 4. The van der Waals surface area contributed by atoms with Crippen LogP contribution in [0.2, 0.25) is 0 Å². The normalized spacial score (nSPS) is 24.9. The molecular weight excluding hydrogens is 232 g/mol. The second-order valence-corrected chi connectivity index (χ2v) is 4.79. The van der Waals surface area contributed by atoms with Crippen molar-refractivity contribution in [3.05, 3.63) is 0 Å². The lowest BCUT2D eigenvalue weighted by atomic mass is 10.2. The Morgan fingerprint density at radius 2 is 2.00 bits per heavy atom. The fraction of sp³-hybridized carbons (Fsp3) is 0.750. The van der Waals surface area contributed by atoms with Gasteiger partial charge in [0.25, 0.3) is 0 Å². The third kappa shape index (κ3) is 2.79. The molecule has 0 N–H and O–H groups in total. The second kappa shape index (κ2) is 5.83. The molecule has 98 valence electrons. The van der Waals surface area contributed by atoms with Crippen molar-refractivity contribution in [2.75, 3.05) is 39.3 Å². The smallest absolute Gasteiger partial charge is 0.237 e. The van der Waals surface area contributed by atoms with Gasteiger partial charge in [0, 0.05) is 32.7 Å². The quantitative estimate of drug-likeness (QED) is 0.620. The topological polar surface area (TPSA) is 67.7 Å². The van der Waals surface area contributed by atoms with Gasteiger partial charge in [0.05, 0.1) is 12.6 Å². The molecule has 18 heavy (non-hydrogen) atoms. The zero-order valence-electron chi connectivity index (χ0n) is 10.4. The van der Waals surface area contributed by atoms with Gasteiger partial charge in [-0.3, -0.25) is 14.5 Å². The zero-order chi connectivity index (χ0) is 13.0. The van der Waals surface area contributed by atoms with Gasteiger partial charge in [0.2, 0.25) is 12.3 Å². The van der Waals surface area contributed by atoms with E-state index in [9.17, 15) is 9.59 Å². The van der Waals surface area contributed by atoms with Gasteiger partial charge in [-0.1, -0.05) is 0 Å². The summed E-state index contributed by atoms with van der Waals surface area (Å²) in [5, 5.41) is 8.95. The Morgan fingerprint density at radius 3 is 2.61 bits per heavy atom. The van der Waals surface area contributed by atoms with Crippen molar-refractivity contribution in [1.29, 1.82) is 5.26 Å². The largest absolute Gasteiger partial charge is 0.343 e. The van der Waals surface area contributed by atoms with Crippen molar-refractivity contribution < 1.29 is 9.59 Å². The van der Waals surface area contributed by atoms with Crippen molar-refractivity contribution in [1.82, 2.24) is 14.7 Å². The van der Waals surface area contributed by atoms with Gasteiger partial charge < -0.3 is 9.80 Å². The number of piperazine rings is 1. The minimum atomic E-state index is -0.242. The summed E-state index contributed by atoms with van der Waals surface area (Å²) in [5.41, 5.74) is 0. The number of nitrogens with zero attached hydrogens (tertiary/aromatic N) is 4. The maximum Gasteiger partial charge on any atom is 0.237 e. The van der Waals surface area contributed by atoms with Gasteiger partial charge in [-0.05, 0) is 12.8 Å².